The maximum Gasteiger partial charge on any atom is 0.266 e. The van der Waals surface area contributed by atoms with E-state index in [0.29, 0.717) is 22.4 Å². The predicted octanol–water partition coefficient (Wildman–Crippen LogP) is 4.49. The lowest BCUT2D eigenvalue weighted by Gasteiger charge is -2.14. The molecule has 1 fully saturated rings. The molecule has 2 aromatic carbocycles. The number of thiocarbonyl (C=S) groups is 1. The van der Waals surface area contributed by atoms with Gasteiger partial charge in [0.2, 0.25) is 0 Å². The molecule has 0 saturated carbocycles. The van der Waals surface area contributed by atoms with Crippen LogP contribution in [0, 0.1) is 0 Å². The van der Waals surface area contributed by atoms with Crippen molar-refractivity contribution in [2.75, 3.05) is 6.61 Å². The van der Waals surface area contributed by atoms with Gasteiger partial charge in [-0.1, -0.05) is 66.4 Å². The third-order valence-electron chi connectivity index (χ3n) is 3.55. The molecular formula is C19H17NO2S2. The van der Waals surface area contributed by atoms with E-state index < -0.39 is 0 Å². The molecule has 2 aromatic rings. The van der Waals surface area contributed by atoms with Crippen LogP contribution < -0.4 is 4.74 Å². The van der Waals surface area contributed by atoms with Crippen LogP contribution in [-0.4, -0.2) is 21.7 Å². The van der Waals surface area contributed by atoms with E-state index in [-0.39, 0.29) is 5.91 Å². The third kappa shape index (κ3) is 3.86. The summed E-state index contributed by atoms with van der Waals surface area (Å²) in [5.74, 6) is 0.786. The summed E-state index contributed by atoms with van der Waals surface area (Å²) in [4.78, 5) is 14.9. The molecule has 1 saturated heterocycles. The summed E-state index contributed by atoms with van der Waals surface area (Å²) >= 11 is 6.72. The van der Waals surface area contributed by atoms with E-state index in [0.717, 1.165) is 16.9 Å². The number of carbonyl (C=O) groups is 1. The van der Waals surface area contributed by atoms with Crippen LogP contribution in [0.15, 0.2) is 59.5 Å². The van der Waals surface area contributed by atoms with Gasteiger partial charge in [0, 0.05) is 0 Å². The monoisotopic (exact) mass is 355 g/mol. The highest BCUT2D eigenvalue weighted by atomic mass is 32.2. The number of nitrogens with zero attached hydrogens (tertiary/aromatic N) is 1. The first-order chi connectivity index (χ1) is 11.7. The molecule has 0 unspecified atom stereocenters. The first-order valence-corrected chi connectivity index (χ1v) is 8.92. The number of rotatable bonds is 5. The Hall–Kier alpha value is -2.11. The summed E-state index contributed by atoms with van der Waals surface area (Å²) in [5.41, 5.74) is 2.02. The zero-order valence-electron chi connectivity index (χ0n) is 13.3. The van der Waals surface area contributed by atoms with Gasteiger partial charge in [0.05, 0.1) is 18.1 Å². The average molecular weight is 355 g/mol. The van der Waals surface area contributed by atoms with Crippen molar-refractivity contribution in [3.05, 3.63) is 70.6 Å². The lowest BCUT2D eigenvalue weighted by Crippen LogP contribution is -2.27. The van der Waals surface area contributed by atoms with Gasteiger partial charge in [-0.2, -0.15) is 0 Å². The Morgan fingerprint density at radius 2 is 1.83 bits per heavy atom. The average Bonchev–Trinajstić information content (AvgIpc) is 2.85. The van der Waals surface area contributed by atoms with Crippen molar-refractivity contribution in [3.63, 3.8) is 0 Å². The summed E-state index contributed by atoms with van der Waals surface area (Å²) < 4.78 is 6.03. The Balaban J connectivity index is 1.75. The summed E-state index contributed by atoms with van der Waals surface area (Å²) in [7, 11) is 0. The Morgan fingerprint density at radius 3 is 2.50 bits per heavy atom. The van der Waals surface area contributed by atoms with Crippen LogP contribution in [0.2, 0.25) is 0 Å². The van der Waals surface area contributed by atoms with Gasteiger partial charge >= 0.3 is 0 Å². The molecule has 3 nitrogen and oxygen atoms in total. The molecule has 1 amide bonds. The minimum Gasteiger partial charge on any atom is -0.494 e. The van der Waals surface area contributed by atoms with Crippen molar-refractivity contribution in [2.45, 2.75) is 13.5 Å². The van der Waals surface area contributed by atoms with Gasteiger partial charge in [0.25, 0.3) is 5.91 Å². The minimum absolute atomic E-state index is 0.0391. The van der Waals surface area contributed by atoms with Gasteiger partial charge in [0.1, 0.15) is 10.1 Å². The first-order valence-electron chi connectivity index (χ1n) is 7.69. The maximum absolute atomic E-state index is 12.6. The Bertz CT molecular complexity index is 770. The number of carbonyl (C=O) groups excluding carboxylic acids is 1. The lowest BCUT2D eigenvalue weighted by molar-refractivity contribution is -0.122. The van der Waals surface area contributed by atoms with Crippen molar-refractivity contribution < 1.29 is 9.53 Å². The van der Waals surface area contributed by atoms with Gasteiger partial charge in [-0.15, -0.1) is 0 Å². The van der Waals surface area contributed by atoms with Crippen LogP contribution in [0.4, 0.5) is 0 Å². The van der Waals surface area contributed by atoms with Crippen molar-refractivity contribution in [2.24, 2.45) is 0 Å². The van der Waals surface area contributed by atoms with Gasteiger partial charge < -0.3 is 4.74 Å². The van der Waals surface area contributed by atoms with E-state index in [1.54, 1.807) is 4.90 Å². The highest BCUT2D eigenvalue weighted by Crippen LogP contribution is 2.33. The first kappa shape index (κ1) is 16.7. The van der Waals surface area contributed by atoms with Crippen molar-refractivity contribution in [1.29, 1.82) is 0 Å². The predicted molar refractivity (Wildman–Crippen MR) is 103 cm³/mol. The molecule has 3 rings (SSSR count). The number of ether oxygens (including phenoxy) is 1. The lowest BCUT2D eigenvalue weighted by atomic mass is 10.2. The molecular weight excluding hydrogens is 338 g/mol. The number of benzene rings is 2. The molecule has 1 aliphatic rings. The largest absolute Gasteiger partial charge is 0.494 e. The van der Waals surface area contributed by atoms with Crippen LogP contribution in [0.3, 0.4) is 0 Å². The van der Waals surface area contributed by atoms with Crippen molar-refractivity contribution in [3.8, 4) is 5.75 Å². The van der Waals surface area contributed by atoms with E-state index in [1.807, 2.05) is 67.6 Å². The van der Waals surface area contributed by atoms with Crippen LogP contribution in [0.1, 0.15) is 18.1 Å². The summed E-state index contributed by atoms with van der Waals surface area (Å²) in [5, 5.41) is 0. The summed E-state index contributed by atoms with van der Waals surface area (Å²) in [6.45, 7) is 3.09. The number of thioether (sulfide) groups is 1. The normalized spacial score (nSPS) is 16.0. The molecule has 1 heterocycles. The molecule has 0 atom stereocenters. The summed E-state index contributed by atoms with van der Waals surface area (Å²) in [6, 6.07) is 17.6. The van der Waals surface area contributed by atoms with E-state index in [4.69, 9.17) is 17.0 Å². The van der Waals surface area contributed by atoms with Crippen molar-refractivity contribution >= 4 is 40.3 Å². The second-order valence-electron chi connectivity index (χ2n) is 5.26. The molecule has 0 radical (unpaired) electrons. The zero-order chi connectivity index (χ0) is 16.9. The fourth-order valence-electron chi connectivity index (χ4n) is 2.38. The smallest absolute Gasteiger partial charge is 0.266 e. The molecule has 0 aromatic heterocycles. The second-order valence-corrected chi connectivity index (χ2v) is 6.93. The fourth-order valence-corrected chi connectivity index (χ4v) is 3.64. The third-order valence-corrected chi connectivity index (χ3v) is 4.92. The fraction of sp³-hybridized carbons (Fsp3) is 0.158. The van der Waals surface area contributed by atoms with Gasteiger partial charge in [-0.25, -0.2) is 0 Å². The van der Waals surface area contributed by atoms with E-state index >= 15 is 0 Å². The highest BCUT2D eigenvalue weighted by molar-refractivity contribution is 8.26. The summed E-state index contributed by atoms with van der Waals surface area (Å²) in [6.07, 6.45) is 1.88. The molecule has 5 heteroatoms. The SMILES string of the molecule is CCOc1ccc(C=C2SC(=S)N(Cc3ccccc3)C2=O)cc1. The second kappa shape index (κ2) is 7.64. The molecule has 1 aliphatic heterocycles. The number of hydrogen-bond acceptors (Lipinski definition) is 4. The molecule has 122 valence electrons. The molecule has 0 N–H and O–H groups in total. The van der Waals surface area contributed by atoms with Crippen LogP contribution in [0.5, 0.6) is 5.75 Å². The number of hydrogen-bond donors (Lipinski definition) is 0. The molecule has 0 spiro atoms. The van der Waals surface area contributed by atoms with E-state index in [1.165, 1.54) is 11.8 Å². The maximum atomic E-state index is 12.6. The standard InChI is InChI=1S/C19H17NO2S2/c1-2-22-16-10-8-14(9-11-16)12-17-18(21)20(19(23)24-17)13-15-6-4-3-5-7-15/h3-12H,2,13H2,1H3. The Labute approximate surface area is 151 Å². The van der Waals surface area contributed by atoms with Crippen molar-refractivity contribution in [1.82, 2.24) is 4.90 Å². The quantitative estimate of drug-likeness (QED) is 0.584. The van der Waals surface area contributed by atoms with Gasteiger partial charge in [-0.05, 0) is 36.3 Å². The van der Waals surface area contributed by atoms with E-state index in [2.05, 4.69) is 0 Å². The highest BCUT2D eigenvalue weighted by Gasteiger charge is 2.31. The van der Waals surface area contributed by atoms with Crippen LogP contribution in [-0.2, 0) is 11.3 Å². The molecule has 0 bridgehead atoms. The number of amides is 1. The topological polar surface area (TPSA) is 29.5 Å². The van der Waals surface area contributed by atoms with Crippen LogP contribution >= 0.6 is 24.0 Å². The van der Waals surface area contributed by atoms with Crippen LogP contribution in [0.25, 0.3) is 6.08 Å². The minimum atomic E-state index is -0.0391. The Morgan fingerprint density at radius 1 is 1.12 bits per heavy atom. The Kier molecular flexibility index (Phi) is 5.33. The molecule has 0 aliphatic carbocycles. The van der Waals surface area contributed by atoms with Gasteiger partial charge in [-0.3, -0.25) is 9.69 Å². The zero-order valence-corrected chi connectivity index (χ0v) is 14.9. The molecule has 24 heavy (non-hydrogen) atoms. The van der Waals surface area contributed by atoms with E-state index in [9.17, 15) is 4.79 Å². The van der Waals surface area contributed by atoms with Gasteiger partial charge in [0.15, 0.2) is 0 Å².